The predicted molar refractivity (Wildman–Crippen MR) is 130 cm³/mol. The number of alkyl halides is 3. The number of hydrogen-bond acceptors (Lipinski definition) is 4. The Hall–Kier alpha value is -2.26. The molecule has 1 atom stereocenters. The lowest BCUT2D eigenvalue weighted by molar-refractivity contribution is -0.243. The van der Waals surface area contributed by atoms with Gasteiger partial charge in [0.05, 0.1) is 10.6 Å². The molecule has 2 amide bonds. The van der Waals surface area contributed by atoms with Crippen LogP contribution < -0.4 is 4.90 Å². The molecule has 194 valence electrons. The van der Waals surface area contributed by atoms with Gasteiger partial charge in [0.15, 0.2) is 0 Å². The molecule has 10 heteroatoms. The number of amides is 2. The lowest BCUT2D eigenvalue weighted by Gasteiger charge is -2.42. The molecule has 1 N–H and O–H groups in total. The molecule has 0 aliphatic carbocycles. The fourth-order valence-corrected chi connectivity index (χ4v) is 5.35. The van der Waals surface area contributed by atoms with Gasteiger partial charge in [-0.3, -0.25) is 9.59 Å². The van der Waals surface area contributed by atoms with Crippen LogP contribution in [0.3, 0.4) is 0 Å². The molecular formula is C25H33ClF3N3O3. The summed E-state index contributed by atoms with van der Waals surface area (Å²) in [5.74, 6) is -0.759. The molecule has 3 rings (SSSR count). The first-order valence-electron chi connectivity index (χ1n) is 11.8. The van der Waals surface area contributed by atoms with Crippen molar-refractivity contribution in [1.29, 1.82) is 0 Å². The molecule has 2 saturated heterocycles. The average Bonchev–Trinajstić information content (AvgIpc) is 2.81. The fraction of sp³-hybridized carbons (Fsp3) is 0.600. The first kappa shape index (κ1) is 27.3. The van der Waals surface area contributed by atoms with E-state index in [0.717, 1.165) is 43.4 Å². The van der Waals surface area contributed by atoms with E-state index in [2.05, 4.69) is 11.5 Å². The second kappa shape index (κ2) is 10.4. The Bertz CT molecular complexity index is 968. The van der Waals surface area contributed by atoms with Crippen LogP contribution in [0.25, 0.3) is 0 Å². The van der Waals surface area contributed by atoms with Crippen LogP contribution in [0.5, 0.6) is 0 Å². The molecule has 2 aliphatic heterocycles. The number of anilines is 1. The zero-order valence-electron chi connectivity index (χ0n) is 20.4. The van der Waals surface area contributed by atoms with Gasteiger partial charge in [0.2, 0.25) is 0 Å². The summed E-state index contributed by atoms with van der Waals surface area (Å²) in [5, 5.41) is 10.6. The minimum atomic E-state index is -5.11. The number of likely N-dealkylation sites (tertiary alicyclic amines) is 1. The molecule has 0 aromatic heterocycles. The van der Waals surface area contributed by atoms with Gasteiger partial charge in [-0.2, -0.15) is 13.2 Å². The first-order valence-corrected chi connectivity index (χ1v) is 12.2. The van der Waals surface area contributed by atoms with Crippen molar-refractivity contribution >= 4 is 29.1 Å². The van der Waals surface area contributed by atoms with Crippen LogP contribution >= 0.6 is 11.6 Å². The largest absolute Gasteiger partial charge is 0.430 e. The standard InChI is InChI=1S/C25H33ClF3N3O3/c1-16(2)24(35,25(27,28)29)23(34)32-13-9-18(10-14-32)17-7-11-31(12-8-17)19-5-6-20(21(26)15-19)22(33)30(3)4/h5-6,15,17-18,35H,1,7-14H2,2-4H3. The van der Waals surface area contributed by atoms with E-state index in [9.17, 15) is 27.9 Å². The number of carbonyl (C=O) groups excluding carboxylic acids is 2. The Kier molecular flexibility index (Phi) is 8.11. The van der Waals surface area contributed by atoms with E-state index in [4.69, 9.17) is 11.6 Å². The Morgan fingerprint density at radius 1 is 1.06 bits per heavy atom. The van der Waals surface area contributed by atoms with E-state index >= 15 is 0 Å². The van der Waals surface area contributed by atoms with Gasteiger partial charge in [0.25, 0.3) is 17.4 Å². The number of hydrogen-bond donors (Lipinski definition) is 1. The number of benzene rings is 1. The summed E-state index contributed by atoms with van der Waals surface area (Å²) in [5.41, 5.74) is -2.75. The molecule has 6 nitrogen and oxygen atoms in total. The molecule has 1 aromatic carbocycles. The maximum Gasteiger partial charge on any atom is 0.430 e. The highest BCUT2D eigenvalue weighted by Crippen LogP contribution is 2.39. The average molecular weight is 516 g/mol. The third-order valence-corrected chi connectivity index (χ3v) is 7.64. The van der Waals surface area contributed by atoms with Crippen molar-refractivity contribution in [3.8, 4) is 0 Å². The quantitative estimate of drug-likeness (QED) is 0.592. The number of nitrogens with zero attached hydrogens (tertiary/aromatic N) is 3. The normalized spacial score (nSPS) is 19.9. The zero-order valence-corrected chi connectivity index (χ0v) is 21.1. The predicted octanol–water partition coefficient (Wildman–Crippen LogP) is 4.37. The van der Waals surface area contributed by atoms with E-state index in [1.807, 2.05) is 12.1 Å². The SMILES string of the molecule is C=C(C)C(O)(C(=O)N1CCC(C2CCN(c3ccc(C(=O)N(C)C)c(Cl)c3)CC2)CC1)C(F)(F)F. The van der Waals surface area contributed by atoms with Gasteiger partial charge in [-0.15, -0.1) is 0 Å². The third kappa shape index (κ3) is 5.45. The number of piperidine rings is 2. The van der Waals surface area contributed by atoms with Gasteiger partial charge in [-0.25, -0.2) is 0 Å². The second-order valence-electron chi connectivity index (χ2n) is 9.81. The summed E-state index contributed by atoms with van der Waals surface area (Å²) in [6.07, 6.45) is -2.05. The van der Waals surface area contributed by atoms with Crippen molar-refractivity contribution in [3.63, 3.8) is 0 Å². The van der Waals surface area contributed by atoms with Gasteiger partial charge in [-0.05, 0) is 68.2 Å². The molecule has 1 aromatic rings. The van der Waals surface area contributed by atoms with E-state index < -0.39 is 23.3 Å². The third-order valence-electron chi connectivity index (χ3n) is 7.32. The summed E-state index contributed by atoms with van der Waals surface area (Å²) in [7, 11) is 3.35. The van der Waals surface area contributed by atoms with Crippen LogP contribution in [-0.4, -0.2) is 78.8 Å². The van der Waals surface area contributed by atoms with Gasteiger partial charge in [-0.1, -0.05) is 18.2 Å². The van der Waals surface area contributed by atoms with Crippen LogP contribution in [0, 0.1) is 11.8 Å². The molecule has 1 unspecified atom stereocenters. The summed E-state index contributed by atoms with van der Waals surface area (Å²) in [6, 6.07) is 5.45. The monoisotopic (exact) mass is 515 g/mol. The molecule has 0 radical (unpaired) electrons. The smallest absolute Gasteiger partial charge is 0.371 e. The molecule has 2 heterocycles. The highest BCUT2D eigenvalue weighted by atomic mass is 35.5. The Balaban J connectivity index is 1.56. The van der Waals surface area contributed by atoms with Gasteiger partial charge in [0, 0.05) is 46.0 Å². The lowest BCUT2D eigenvalue weighted by Crippen LogP contribution is -2.60. The number of carbonyl (C=O) groups is 2. The van der Waals surface area contributed by atoms with Gasteiger partial charge in [0.1, 0.15) is 0 Å². The lowest BCUT2D eigenvalue weighted by atomic mass is 9.78. The van der Waals surface area contributed by atoms with E-state index in [1.54, 1.807) is 20.2 Å². The van der Waals surface area contributed by atoms with Crippen LogP contribution in [0.4, 0.5) is 18.9 Å². The zero-order chi connectivity index (χ0) is 26.1. The van der Waals surface area contributed by atoms with E-state index in [-0.39, 0.29) is 19.0 Å². The Morgan fingerprint density at radius 2 is 1.57 bits per heavy atom. The van der Waals surface area contributed by atoms with Crippen LogP contribution in [0.2, 0.25) is 5.02 Å². The summed E-state index contributed by atoms with van der Waals surface area (Å²) in [4.78, 5) is 29.6. The Morgan fingerprint density at radius 3 is 2.00 bits per heavy atom. The summed E-state index contributed by atoms with van der Waals surface area (Å²) < 4.78 is 40.3. The number of aliphatic hydroxyl groups is 1. The highest BCUT2D eigenvalue weighted by molar-refractivity contribution is 6.34. The van der Waals surface area contributed by atoms with Crippen molar-refractivity contribution in [2.75, 3.05) is 45.2 Å². The molecule has 0 saturated carbocycles. The van der Waals surface area contributed by atoms with Crippen molar-refractivity contribution in [3.05, 3.63) is 40.9 Å². The summed E-state index contributed by atoms with van der Waals surface area (Å²) >= 11 is 6.36. The molecule has 0 spiro atoms. The minimum Gasteiger partial charge on any atom is -0.371 e. The topological polar surface area (TPSA) is 64.1 Å². The van der Waals surface area contributed by atoms with Crippen LogP contribution in [0.1, 0.15) is 43.0 Å². The number of halogens is 4. The highest BCUT2D eigenvalue weighted by Gasteiger charge is 2.61. The number of rotatable bonds is 5. The van der Waals surface area contributed by atoms with Crippen molar-refractivity contribution < 1.29 is 27.9 Å². The molecule has 2 aliphatic rings. The molecule has 35 heavy (non-hydrogen) atoms. The minimum absolute atomic E-state index is 0.151. The van der Waals surface area contributed by atoms with Crippen molar-refractivity contribution in [2.24, 2.45) is 11.8 Å². The molecule has 0 bridgehead atoms. The van der Waals surface area contributed by atoms with Crippen molar-refractivity contribution in [2.45, 2.75) is 44.4 Å². The van der Waals surface area contributed by atoms with E-state index in [1.165, 1.54) is 4.90 Å². The van der Waals surface area contributed by atoms with E-state index in [0.29, 0.717) is 35.3 Å². The Labute approximate surface area is 209 Å². The first-order chi connectivity index (χ1) is 16.3. The fourth-order valence-electron chi connectivity index (χ4n) is 5.09. The van der Waals surface area contributed by atoms with Gasteiger partial charge < -0.3 is 19.8 Å². The van der Waals surface area contributed by atoms with Crippen LogP contribution in [0.15, 0.2) is 30.4 Å². The second-order valence-corrected chi connectivity index (χ2v) is 10.2. The maximum absolute atomic E-state index is 13.4. The molecule has 2 fully saturated rings. The summed E-state index contributed by atoms with van der Waals surface area (Å²) in [6.45, 7) is 6.22. The maximum atomic E-state index is 13.4. The van der Waals surface area contributed by atoms with Crippen LogP contribution in [-0.2, 0) is 4.79 Å². The van der Waals surface area contributed by atoms with Gasteiger partial charge >= 0.3 is 6.18 Å². The van der Waals surface area contributed by atoms with Crippen molar-refractivity contribution in [1.82, 2.24) is 9.80 Å². The molecular weight excluding hydrogens is 483 g/mol.